The van der Waals surface area contributed by atoms with Crippen LogP contribution in [0.5, 0.6) is 0 Å². The SMILES string of the molecule is BB=BB=BB=BOCC. The van der Waals surface area contributed by atoms with Crippen molar-refractivity contribution in [1.29, 1.82) is 0 Å². The van der Waals surface area contributed by atoms with E-state index in [4.69, 9.17) is 4.65 Å². The molecule has 0 aromatic rings. The molecule has 0 aliphatic rings. The van der Waals surface area contributed by atoms with E-state index in [1.54, 1.807) is 7.00 Å². The Morgan fingerprint density at radius 1 is 1.20 bits per heavy atom. The fourth-order valence-corrected chi connectivity index (χ4v) is 0.437. The van der Waals surface area contributed by atoms with Gasteiger partial charge in [0.1, 0.15) is 0 Å². The van der Waals surface area contributed by atoms with Gasteiger partial charge in [-0.3, -0.25) is 0 Å². The molecule has 0 N–H and O–H groups in total. The summed E-state index contributed by atoms with van der Waals surface area (Å²) in [6.07, 6.45) is 0. The average Bonchev–Trinajstić information content (AvgIpc) is 1.97. The summed E-state index contributed by atoms with van der Waals surface area (Å²) in [6, 6.07) is 0. The third-order valence-corrected chi connectivity index (χ3v) is 0.867. The Bertz CT molecular complexity index is 139. The molecule has 0 bridgehead atoms. The Morgan fingerprint density at radius 2 is 1.90 bits per heavy atom. The first-order chi connectivity index (χ1) is 4.91. The molecule has 0 aliphatic carbocycles. The fraction of sp³-hybridized carbons (Fsp3) is 1.00. The van der Waals surface area contributed by atoms with Crippen LogP contribution in [0.1, 0.15) is 6.92 Å². The monoisotopic (exact) mass is 124 g/mol. The number of rotatable bonds is 4. The van der Waals surface area contributed by atoms with Gasteiger partial charge in [-0.05, 0) is 0 Å². The number of hydrogen-bond donors (Lipinski definition) is 0. The molecule has 0 rings (SSSR count). The zero-order valence-corrected chi connectivity index (χ0v) is 6.58. The third kappa shape index (κ3) is 8.25. The number of hydrogen-bond acceptors (Lipinski definition) is 1. The van der Waals surface area contributed by atoms with Gasteiger partial charge in [-0.15, -0.1) is 0 Å². The fourth-order valence-electron chi connectivity index (χ4n) is 0.437. The molecular formula is C2H7B7O. The van der Waals surface area contributed by atoms with Crippen molar-refractivity contribution in [1.82, 2.24) is 0 Å². The van der Waals surface area contributed by atoms with Crippen molar-refractivity contribution in [3.05, 3.63) is 0 Å². The van der Waals surface area contributed by atoms with Gasteiger partial charge in [-0.25, -0.2) is 0 Å². The topological polar surface area (TPSA) is 9.23 Å². The van der Waals surface area contributed by atoms with E-state index in [1.807, 2.05) is 48.1 Å². The summed E-state index contributed by atoms with van der Waals surface area (Å²) in [5.41, 5.74) is 0. The standard InChI is InChI=1S/C2H7B7O/c1-2-10-9-8-7-6-5-4-3/h2-3H2,1H3. The molecule has 42 valence electrons. The molecule has 10 heavy (non-hydrogen) atoms. The first-order valence-electron chi connectivity index (χ1n) is 3.48. The van der Waals surface area contributed by atoms with E-state index < -0.39 is 0 Å². The molecule has 0 heterocycles. The first-order valence-corrected chi connectivity index (χ1v) is 3.48. The van der Waals surface area contributed by atoms with Crippen LogP contribution < -0.4 is 0 Å². The Hall–Kier alpha value is 0.255. The molecule has 0 radical (unpaired) electrons. The van der Waals surface area contributed by atoms with E-state index in [0.717, 1.165) is 6.61 Å². The minimum absolute atomic E-state index is 0.730. The molecule has 0 unspecified atom stereocenters. The average molecular weight is 123 g/mol. The van der Waals surface area contributed by atoms with Crippen molar-refractivity contribution >= 4 is 48.2 Å². The van der Waals surface area contributed by atoms with Crippen LogP contribution in [0, 0.1) is 0 Å². The van der Waals surface area contributed by atoms with E-state index >= 15 is 0 Å². The molecule has 1 nitrogen and oxygen atoms in total. The molecule has 0 spiro atoms. The maximum atomic E-state index is 4.96. The van der Waals surface area contributed by atoms with E-state index in [0.29, 0.717) is 0 Å². The van der Waals surface area contributed by atoms with Gasteiger partial charge in [0.15, 0.2) is 0 Å². The second-order valence-corrected chi connectivity index (χ2v) is 1.69. The summed E-state index contributed by atoms with van der Waals surface area (Å²) in [5, 5.41) is 0. The van der Waals surface area contributed by atoms with Crippen molar-refractivity contribution in [2.24, 2.45) is 0 Å². The summed E-state index contributed by atoms with van der Waals surface area (Å²) >= 11 is 0. The molecule has 0 aromatic carbocycles. The van der Waals surface area contributed by atoms with E-state index in [-0.39, 0.29) is 0 Å². The summed E-state index contributed by atoms with van der Waals surface area (Å²) < 4.78 is 4.96. The van der Waals surface area contributed by atoms with Crippen LogP contribution in [0.25, 0.3) is 0 Å². The van der Waals surface area contributed by atoms with Crippen molar-refractivity contribution in [3.8, 4) is 0 Å². The molecule has 8 heteroatoms. The zero-order valence-electron chi connectivity index (χ0n) is 6.58. The minimum atomic E-state index is 0.730. The van der Waals surface area contributed by atoms with Crippen LogP contribution in [0.3, 0.4) is 0 Å². The summed E-state index contributed by atoms with van der Waals surface area (Å²) in [5.74, 6) is 0. The van der Waals surface area contributed by atoms with Gasteiger partial charge in [-0.2, -0.15) is 0 Å². The van der Waals surface area contributed by atoms with Gasteiger partial charge < -0.3 is 0 Å². The maximum absolute atomic E-state index is 4.96. The zero-order chi connectivity index (χ0) is 7.66. The Morgan fingerprint density at radius 3 is 2.50 bits per heavy atom. The van der Waals surface area contributed by atoms with Crippen LogP contribution in [-0.4, -0.2) is 54.8 Å². The van der Waals surface area contributed by atoms with Crippen LogP contribution in [0.2, 0.25) is 0 Å². The predicted molar refractivity (Wildman–Crippen MR) is 54.7 cm³/mol. The van der Waals surface area contributed by atoms with Crippen LogP contribution >= 0.6 is 0 Å². The molecular weight excluding hydrogens is 116 g/mol. The van der Waals surface area contributed by atoms with Crippen LogP contribution in [0.4, 0.5) is 0 Å². The van der Waals surface area contributed by atoms with Gasteiger partial charge >= 0.3 is 66.4 Å². The van der Waals surface area contributed by atoms with Gasteiger partial charge in [0.2, 0.25) is 0 Å². The molecule has 0 saturated heterocycles. The van der Waals surface area contributed by atoms with E-state index in [9.17, 15) is 0 Å². The van der Waals surface area contributed by atoms with Crippen molar-refractivity contribution in [2.45, 2.75) is 6.92 Å². The Kier molecular flexibility index (Phi) is 9.49. The Labute approximate surface area is 67.0 Å². The summed E-state index contributed by atoms with van der Waals surface area (Å²) in [7, 11) is 3.66. The second-order valence-electron chi connectivity index (χ2n) is 1.69. The summed E-state index contributed by atoms with van der Waals surface area (Å²) in [4.78, 5) is 0. The third-order valence-electron chi connectivity index (χ3n) is 0.867. The molecule has 0 amide bonds. The van der Waals surface area contributed by atoms with Gasteiger partial charge in [0.25, 0.3) is 0 Å². The molecule has 0 aromatic heterocycles. The van der Waals surface area contributed by atoms with Gasteiger partial charge in [-0.1, -0.05) is 0 Å². The Balaban J connectivity index is 3.32. The predicted octanol–water partition coefficient (Wildman–Crippen LogP) is -2.71. The quantitative estimate of drug-likeness (QED) is 0.369. The molecule has 0 atom stereocenters. The van der Waals surface area contributed by atoms with Crippen LogP contribution in [0.15, 0.2) is 0 Å². The van der Waals surface area contributed by atoms with E-state index in [1.165, 1.54) is 0 Å². The van der Waals surface area contributed by atoms with Gasteiger partial charge in [0, 0.05) is 0 Å². The normalized spacial score (nSPS) is 7.30. The summed E-state index contributed by atoms with van der Waals surface area (Å²) in [6.45, 7) is 12.4. The van der Waals surface area contributed by atoms with Crippen molar-refractivity contribution < 1.29 is 4.65 Å². The van der Waals surface area contributed by atoms with Crippen molar-refractivity contribution in [3.63, 3.8) is 0 Å². The first kappa shape index (κ1) is 10.3. The molecule has 0 fully saturated rings. The van der Waals surface area contributed by atoms with Gasteiger partial charge in [0.05, 0.1) is 0 Å². The van der Waals surface area contributed by atoms with Crippen molar-refractivity contribution in [2.75, 3.05) is 6.61 Å². The second kappa shape index (κ2) is 9.25. The van der Waals surface area contributed by atoms with Crippen LogP contribution in [-0.2, 0) is 4.65 Å². The molecule has 0 saturated carbocycles. The molecule has 0 aliphatic heterocycles. The van der Waals surface area contributed by atoms with E-state index in [2.05, 4.69) is 0 Å².